The normalized spacial score (nSPS) is 21.8. The summed E-state index contributed by atoms with van der Waals surface area (Å²) in [5.74, 6) is 2.02. The summed E-state index contributed by atoms with van der Waals surface area (Å²) in [6, 6.07) is 3.53. The van der Waals surface area contributed by atoms with Gasteiger partial charge in [0.2, 0.25) is 0 Å². The number of ether oxygens (including phenoxy) is 1. The number of rotatable bonds is 4. The number of anilines is 3. The third kappa shape index (κ3) is 3.86. The number of aryl methyl sites for hydroxylation is 1. The van der Waals surface area contributed by atoms with Crippen molar-refractivity contribution in [2.24, 2.45) is 18.5 Å². The fraction of sp³-hybridized carbons (Fsp3) is 0.429. The average Bonchev–Trinajstić information content (AvgIpc) is 3.25. The second-order valence-electron chi connectivity index (χ2n) is 8.19. The molecule has 0 spiro atoms. The number of nitrogens with two attached hydrogens (primary N) is 2. The maximum absolute atomic E-state index is 13.5. The van der Waals surface area contributed by atoms with Gasteiger partial charge in [-0.2, -0.15) is 0 Å². The van der Waals surface area contributed by atoms with Crippen LogP contribution in [0.25, 0.3) is 0 Å². The van der Waals surface area contributed by atoms with Crippen molar-refractivity contribution in [3.8, 4) is 0 Å². The largest absolute Gasteiger partial charge is 0.378 e. The molecule has 2 aliphatic rings. The molecule has 3 unspecified atom stereocenters. The van der Waals surface area contributed by atoms with E-state index in [1.165, 1.54) is 0 Å². The fourth-order valence-electron chi connectivity index (χ4n) is 4.31. The lowest BCUT2D eigenvalue weighted by Crippen LogP contribution is -2.62. The van der Waals surface area contributed by atoms with Gasteiger partial charge in [-0.05, 0) is 19.1 Å². The monoisotopic (exact) mass is 454 g/mol. The minimum Gasteiger partial charge on any atom is -0.378 e. The number of hydrogen-bond acceptors (Lipinski definition) is 10. The average molecular weight is 455 g/mol. The van der Waals surface area contributed by atoms with Gasteiger partial charge >= 0.3 is 0 Å². The Morgan fingerprint density at radius 3 is 2.48 bits per heavy atom. The highest BCUT2D eigenvalue weighted by Gasteiger charge is 2.41. The van der Waals surface area contributed by atoms with Crippen molar-refractivity contribution in [3.05, 3.63) is 54.3 Å². The Kier molecular flexibility index (Phi) is 5.56. The lowest BCUT2D eigenvalue weighted by atomic mass is 10.1. The maximum atomic E-state index is 13.5. The Labute approximate surface area is 190 Å². The molecule has 0 saturated carbocycles. The third-order valence-electron chi connectivity index (χ3n) is 6.05. The molecule has 0 aliphatic carbocycles. The zero-order valence-electron chi connectivity index (χ0n) is 18.5. The van der Waals surface area contributed by atoms with E-state index < -0.39 is 24.3 Å². The highest BCUT2D eigenvalue weighted by atomic mass is 19.1. The van der Waals surface area contributed by atoms with Gasteiger partial charge in [0.15, 0.2) is 23.7 Å². The smallest absolute Gasteiger partial charge is 0.159 e. The maximum Gasteiger partial charge on any atom is 0.159 e. The molecule has 3 atom stereocenters. The first-order valence-electron chi connectivity index (χ1n) is 10.8. The summed E-state index contributed by atoms with van der Waals surface area (Å²) in [6.45, 7) is 4.71. The van der Waals surface area contributed by atoms with Gasteiger partial charge in [0.05, 0.1) is 38.0 Å². The van der Waals surface area contributed by atoms with E-state index in [0.29, 0.717) is 30.7 Å². The number of hydrogen-bond donors (Lipinski definition) is 2. The summed E-state index contributed by atoms with van der Waals surface area (Å²) in [4.78, 5) is 23.7. The van der Waals surface area contributed by atoms with Crippen molar-refractivity contribution in [2.45, 2.75) is 25.4 Å². The number of aromatic nitrogens is 5. The van der Waals surface area contributed by atoms with Crippen LogP contribution in [-0.2, 0) is 11.8 Å². The van der Waals surface area contributed by atoms with Crippen LogP contribution < -0.4 is 26.2 Å². The van der Waals surface area contributed by atoms with Crippen LogP contribution in [-0.4, -0.2) is 57.1 Å². The SMILES string of the molecule is CC(c1ncc(F)cn1)N1c2nc(N3CCOCC3)ccc2C(N)N(c2cn(C)cn2)C1N. The molecule has 4 N–H and O–H groups in total. The summed E-state index contributed by atoms with van der Waals surface area (Å²) < 4.78 is 20.8. The number of nitrogens with zero attached hydrogens (tertiary/aromatic N) is 8. The van der Waals surface area contributed by atoms with Crippen molar-refractivity contribution < 1.29 is 9.13 Å². The van der Waals surface area contributed by atoms with E-state index in [9.17, 15) is 4.39 Å². The van der Waals surface area contributed by atoms with Crippen molar-refractivity contribution >= 4 is 17.5 Å². The lowest BCUT2D eigenvalue weighted by molar-refractivity contribution is 0.122. The van der Waals surface area contributed by atoms with Crippen LogP contribution >= 0.6 is 0 Å². The number of morpholine rings is 1. The van der Waals surface area contributed by atoms with Gasteiger partial charge < -0.3 is 29.7 Å². The molecule has 0 aromatic carbocycles. The summed E-state index contributed by atoms with van der Waals surface area (Å²) in [6.07, 6.45) is 4.58. The highest BCUT2D eigenvalue weighted by Crippen LogP contribution is 2.40. The Hall–Kier alpha value is -3.35. The molecule has 3 aromatic rings. The molecule has 1 saturated heterocycles. The van der Waals surface area contributed by atoms with E-state index >= 15 is 0 Å². The van der Waals surface area contributed by atoms with Crippen LogP contribution in [0.4, 0.5) is 21.8 Å². The Bertz CT molecular complexity index is 1120. The van der Waals surface area contributed by atoms with Gasteiger partial charge in [0, 0.05) is 31.9 Å². The first kappa shape index (κ1) is 21.5. The van der Waals surface area contributed by atoms with E-state index in [1.807, 2.05) is 46.7 Å². The molecular weight excluding hydrogens is 427 g/mol. The number of fused-ring (bicyclic) bond motifs is 1. The van der Waals surface area contributed by atoms with E-state index in [1.54, 1.807) is 6.33 Å². The van der Waals surface area contributed by atoms with E-state index in [-0.39, 0.29) is 0 Å². The predicted octanol–water partition coefficient (Wildman–Crippen LogP) is 0.868. The standard InChI is InChI=1S/C21H27FN10O/c1-13(19-25-9-14(22)10-26-19)31-20-15(3-4-16(28-20)30-5-7-33-8-6-30)18(23)32(21(31)24)17-11-29(2)12-27-17/h3-4,9-13,18,21H,5-8,23-24H2,1-2H3. The van der Waals surface area contributed by atoms with E-state index in [0.717, 1.165) is 36.9 Å². The molecule has 5 rings (SSSR count). The first-order valence-corrected chi connectivity index (χ1v) is 10.8. The number of halogens is 1. The minimum absolute atomic E-state index is 0.412. The van der Waals surface area contributed by atoms with Crippen molar-refractivity contribution in [1.29, 1.82) is 0 Å². The molecule has 5 heterocycles. The van der Waals surface area contributed by atoms with Crippen molar-refractivity contribution in [3.63, 3.8) is 0 Å². The molecule has 33 heavy (non-hydrogen) atoms. The summed E-state index contributed by atoms with van der Waals surface area (Å²) in [5, 5.41) is 0. The van der Waals surface area contributed by atoms with Crippen LogP contribution in [0.1, 0.15) is 30.5 Å². The van der Waals surface area contributed by atoms with Crippen LogP contribution in [0.5, 0.6) is 0 Å². The van der Waals surface area contributed by atoms with Gasteiger partial charge in [-0.1, -0.05) is 0 Å². The van der Waals surface area contributed by atoms with Crippen molar-refractivity contribution in [2.75, 3.05) is 41.0 Å². The zero-order chi connectivity index (χ0) is 23.1. The molecule has 1 fully saturated rings. The molecule has 2 aliphatic heterocycles. The van der Waals surface area contributed by atoms with Gasteiger partial charge in [-0.25, -0.2) is 24.3 Å². The third-order valence-corrected chi connectivity index (χ3v) is 6.05. The predicted molar refractivity (Wildman–Crippen MR) is 121 cm³/mol. The summed E-state index contributed by atoms with van der Waals surface area (Å²) in [7, 11) is 1.88. The molecule has 0 radical (unpaired) electrons. The first-order chi connectivity index (χ1) is 15.9. The van der Waals surface area contributed by atoms with Gasteiger partial charge in [-0.3, -0.25) is 5.73 Å². The second kappa shape index (κ2) is 8.54. The highest BCUT2D eigenvalue weighted by molar-refractivity contribution is 5.63. The van der Waals surface area contributed by atoms with Gasteiger partial charge in [0.1, 0.15) is 17.8 Å². The molecule has 0 bridgehead atoms. The molecule has 11 nitrogen and oxygen atoms in total. The Morgan fingerprint density at radius 2 is 1.82 bits per heavy atom. The van der Waals surface area contributed by atoms with Crippen LogP contribution in [0.2, 0.25) is 0 Å². The molecule has 0 amide bonds. The molecule has 174 valence electrons. The second-order valence-corrected chi connectivity index (χ2v) is 8.19. The van der Waals surface area contributed by atoms with Crippen molar-refractivity contribution in [1.82, 2.24) is 24.5 Å². The number of pyridine rings is 1. The van der Waals surface area contributed by atoms with Crippen LogP contribution in [0, 0.1) is 5.82 Å². The van der Waals surface area contributed by atoms with E-state index in [2.05, 4.69) is 19.9 Å². The fourth-order valence-corrected chi connectivity index (χ4v) is 4.31. The van der Waals surface area contributed by atoms with Gasteiger partial charge in [-0.15, -0.1) is 0 Å². The van der Waals surface area contributed by atoms with Gasteiger partial charge in [0.25, 0.3) is 0 Å². The molecule has 12 heteroatoms. The Balaban J connectivity index is 1.61. The van der Waals surface area contributed by atoms with Crippen LogP contribution in [0.15, 0.2) is 37.1 Å². The Morgan fingerprint density at radius 1 is 1.09 bits per heavy atom. The molecular formula is C21H27FN10O. The lowest BCUT2D eigenvalue weighted by Gasteiger charge is -2.48. The summed E-state index contributed by atoms with van der Waals surface area (Å²) in [5.41, 5.74) is 14.3. The zero-order valence-corrected chi connectivity index (χ0v) is 18.5. The van der Waals surface area contributed by atoms with E-state index in [4.69, 9.17) is 21.2 Å². The topological polar surface area (TPSA) is 127 Å². The summed E-state index contributed by atoms with van der Waals surface area (Å²) >= 11 is 0. The molecule has 3 aromatic heterocycles. The number of imidazole rings is 1. The van der Waals surface area contributed by atoms with Crippen LogP contribution in [0.3, 0.4) is 0 Å². The quantitative estimate of drug-likeness (QED) is 0.586. The minimum atomic E-state index is -0.710.